The van der Waals surface area contributed by atoms with Crippen LogP contribution in [0, 0.1) is 23.7 Å². The third kappa shape index (κ3) is 9.07. The molecule has 0 aromatic heterocycles. The van der Waals surface area contributed by atoms with Gasteiger partial charge in [-0.15, -0.1) is 0 Å². The van der Waals surface area contributed by atoms with E-state index in [1.807, 2.05) is 12.2 Å². The van der Waals surface area contributed by atoms with Crippen LogP contribution in [0.2, 0.25) is 0 Å². The van der Waals surface area contributed by atoms with Crippen LogP contribution in [0.15, 0.2) is 12.2 Å². The van der Waals surface area contributed by atoms with Gasteiger partial charge in [0.05, 0.1) is 23.9 Å². The lowest BCUT2D eigenvalue weighted by molar-refractivity contribution is -0.162. The van der Waals surface area contributed by atoms with E-state index in [0.717, 1.165) is 0 Å². The predicted molar refractivity (Wildman–Crippen MR) is 127 cm³/mol. The standard InChI is InChI=1S/C25H40N2O8/c1-14(26-22(30)34-24(3,4)5)12-32-20(28)18-16-9-10-17(11-16)19(18)21(29)33-13-15(2)27-23(31)35-25(6,7)8/h9-10,14-19H,11-13H2,1-8H3,(H,26,30)(H,27,31)/t14-,15-,16-,17+,18-,19+/m0/s1. The summed E-state index contributed by atoms with van der Waals surface area (Å²) in [6, 6.07) is -0.929. The largest absolute Gasteiger partial charge is 0.463 e. The molecule has 2 bridgehead atoms. The van der Waals surface area contributed by atoms with E-state index < -0.39 is 59.2 Å². The zero-order chi connectivity index (χ0) is 26.6. The summed E-state index contributed by atoms with van der Waals surface area (Å²) < 4.78 is 21.3. The molecule has 10 nitrogen and oxygen atoms in total. The van der Waals surface area contributed by atoms with Gasteiger partial charge in [-0.05, 0) is 73.6 Å². The minimum atomic E-state index is -0.652. The van der Waals surface area contributed by atoms with Crippen molar-refractivity contribution >= 4 is 24.1 Å². The first-order valence-electron chi connectivity index (χ1n) is 12.1. The smallest absolute Gasteiger partial charge is 0.407 e. The molecule has 2 rings (SSSR count). The Bertz CT molecular complexity index is 760. The van der Waals surface area contributed by atoms with E-state index in [2.05, 4.69) is 10.6 Å². The van der Waals surface area contributed by atoms with Crippen LogP contribution in [0.5, 0.6) is 0 Å². The van der Waals surface area contributed by atoms with Gasteiger partial charge in [-0.3, -0.25) is 9.59 Å². The number of amides is 2. The van der Waals surface area contributed by atoms with Crippen molar-refractivity contribution in [2.45, 2.75) is 85.1 Å². The Hall–Kier alpha value is -2.78. The number of carbonyl (C=O) groups is 4. The lowest BCUT2D eigenvalue weighted by atomic mass is 9.83. The lowest BCUT2D eigenvalue weighted by Gasteiger charge is -2.27. The van der Waals surface area contributed by atoms with Gasteiger partial charge in [0.15, 0.2) is 0 Å². The highest BCUT2D eigenvalue weighted by Crippen LogP contribution is 2.49. The maximum atomic E-state index is 12.9. The fourth-order valence-electron chi connectivity index (χ4n) is 4.17. The number of carbonyl (C=O) groups excluding carboxylic acids is 4. The topological polar surface area (TPSA) is 129 Å². The molecule has 0 unspecified atom stereocenters. The third-order valence-corrected chi connectivity index (χ3v) is 5.48. The van der Waals surface area contributed by atoms with E-state index in [9.17, 15) is 19.2 Å². The van der Waals surface area contributed by atoms with Gasteiger partial charge in [-0.2, -0.15) is 0 Å². The van der Waals surface area contributed by atoms with Crippen molar-refractivity contribution in [3.63, 3.8) is 0 Å². The van der Waals surface area contributed by atoms with Crippen molar-refractivity contribution in [1.82, 2.24) is 10.6 Å². The Morgan fingerprint density at radius 2 is 1.09 bits per heavy atom. The molecule has 2 amide bonds. The minimum Gasteiger partial charge on any atom is -0.463 e. The highest BCUT2D eigenvalue weighted by atomic mass is 16.6. The molecule has 0 radical (unpaired) electrons. The minimum absolute atomic E-state index is 0.0473. The number of rotatable bonds is 8. The van der Waals surface area contributed by atoms with Gasteiger partial charge in [-0.1, -0.05) is 12.2 Å². The second-order valence-electron chi connectivity index (χ2n) is 11.4. The Kier molecular flexibility index (Phi) is 9.19. The lowest BCUT2D eigenvalue weighted by Crippen LogP contribution is -2.42. The summed E-state index contributed by atoms with van der Waals surface area (Å²) in [7, 11) is 0. The van der Waals surface area contributed by atoms with E-state index >= 15 is 0 Å². The molecule has 10 heteroatoms. The number of fused-ring (bicyclic) bond motifs is 2. The quantitative estimate of drug-likeness (QED) is 0.297. The fourth-order valence-corrected chi connectivity index (χ4v) is 4.17. The van der Waals surface area contributed by atoms with Crippen LogP contribution in [0.25, 0.3) is 0 Å². The third-order valence-electron chi connectivity index (χ3n) is 5.48. The second-order valence-corrected chi connectivity index (χ2v) is 11.4. The number of nitrogens with one attached hydrogen (secondary N) is 2. The Labute approximate surface area is 207 Å². The molecule has 2 aliphatic rings. The average molecular weight is 497 g/mol. The molecular weight excluding hydrogens is 456 g/mol. The molecule has 1 fully saturated rings. The maximum absolute atomic E-state index is 12.9. The zero-order valence-electron chi connectivity index (χ0n) is 22.0. The summed E-state index contributed by atoms with van der Waals surface area (Å²) in [5.74, 6) is -2.50. The van der Waals surface area contributed by atoms with Crippen molar-refractivity contribution in [2.75, 3.05) is 13.2 Å². The summed E-state index contributed by atoms with van der Waals surface area (Å²) in [6.07, 6.45) is 3.36. The van der Waals surface area contributed by atoms with E-state index in [4.69, 9.17) is 18.9 Å². The number of alkyl carbamates (subject to hydrolysis) is 2. The summed E-state index contributed by atoms with van der Waals surface area (Å²) >= 11 is 0. The number of esters is 2. The van der Waals surface area contributed by atoms with Crippen LogP contribution in [-0.2, 0) is 28.5 Å². The summed E-state index contributed by atoms with van der Waals surface area (Å²) in [6.45, 7) is 13.8. The van der Waals surface area contributed by atoms with Gasteiger partial charge >= 0.3 is 24.1 Å². The van der Waals surface area contributed by atoms with E-state index in [1.165, 1.54) is 0 Å². The number of ether oxygens (including phenoxy) is 4. The fraction of sp³-hybridized carbons (Fsp3) is 0.760. The molecule has 0 saturated heterocycles. The summed E-state index contributed by atoms with van der Waals surface area (Å²) in [5, 5.41) is 5.25. The van der Waals surface area contributed by atoms with Gasteiger partial charge in [0.25, 0.3) is 0 Å². The van der Waals surface area contributed by atoms with Gasteiger partial charge in [-0.25, -0.2) is 9.59 Å². The van der Waals surface area contributed by atoms with Crippen molar-refractivity contribution < 1.29 is 38.1 Å². The number of hydrogen-bond donors (Lipinski definition) is 2. The average Bonchev–Trinajstić information content (AvgIpc) is 3.28. The molecule has 0 aliphatic heterocycles. The maximum Gasteiger partial charge on any atom is 0.407 e. The predicted octanol–water partition coefficient (Wildman–Crippen LogP) is 3.34. The van der Waals surface area contributed by atoms with Crippen LogP contribution >= 0.6 is 0 Å². The van der Waals surface area contributed by atoms with Gasteiger partial charge in [0, 0.05) is 0 Å². The Morgan fingerprint density at radius 3 is 1.40 bits per heavy atom. The molecule has 2 aliphatic carbocycles. The van der Waals surface area contributed by atoms with Crippen LogP contribution < -0.4 is 10.6 Å². The Morgan fingerprint density at radius 1 is 0.743 bits per heavy atom. The van der Waals surface area contributed by atoms with Crippen molar-refractivity contribution in [2.24, 2.45) is 23.7 Å². The second kappa shape index (κ2) is 11.3. The molecule has 0 spiro atoms. The summed E-state index contributed by atoms with van der Waals surface area (Å²) in [5.41, 5.74) is -1.27. The first kappa shape index (κ1) is 28.5. The molecule has 0 aromatic carbocycles. The molecule has 6 atom stereocenters. The SMILES string of the molecule is C[C@@H](COC(=O)[C@@H]1[C@H](C(=O)OC[C@H](C)NC(=O)OC(C)(C)C)[C@@H]2C=C[C@H]1C2)NC(=O)OC(C)(C)C. The molecular formula is C25H40N2O8. The van der Waals surface area contributed by atoms with Crippen LogP contribution in [-0.4, -0.2) is 60.6 Å². The Balaban J connectivity index is 1.87. The molecule has 198 valence electrons. The molecule has 1 saturated carbocycles. The monoisotopic (exact) mass is 496 g/mol. The highest BCUT2D eigenvalue weighted by molar-refractivity contribution is 5.84. The van der Waals surface area contributed by atoms with Gasteiger partial charge < -0.3 is 29.6 Å². The van der Waals surface area contributed by atoms with Crippen LogP contribution in [0.1, 0.15) is 61.8 Å². The highest BCUT2D eigenvalue weighted by Gasteiger charge is 2.53. The summed E-state index contributed by atoms with van der Waals surface area (Å²) in [4.78, 5) is 49.6. The number of hydrogen-bond acceptors (Lipinski definition) is 8. The van der Waals surface area contributed by atoms with Gasteiger partial charge in [0.2, 0.25) is 0 Å². The zero-order valence-corrected chi connectivity index (χ0v) is 22.0. The normalized spacial score (nSPS) is 24.8. The van der Waals surface area contributed by atoms with Crippen molar-refractivity contribution in [3.8, 4) is 0 Å². The van der Waals surface area contributed by atoms with E-state index in [1.54, 1.807) is 55.4 Å². The number of allylic oxidation sites excluding steroid dienone is 2. The van der Waals surface area contributed by atoms with E-state index in [-0.39, 0.29) is 25.0 Å². The van der Waals surface area contributed by atoms with Crippen molar-refractivity contribution in [1.29, 1.82) is 0 Å². The van der Waals surface area contributed by atoms with Crippen LogP contribution in [0.3, 0.4) is 0 Å². The molecule has 35 heavy (non-hydrogen) atoms. The van der Waals surface area contributed by atoms with E-state index in [0.29, 0.717) is 6.42 Å². The van der Waals surface area contributed by atoms with Crippen molar-refractivity contribution in [3.05, 3.63) is 12.2 Å². The first-order valence-corrected chi connectivity index (χ1v) is 12.1. The van der Waals surface area contributed by atoms with Crippen LogP contribution in [0.4, 0.5) is 9.59 Å². The molecule has 0 aromatic rings. The molecule has 0 heterocycles. The first-order chi connectivity index (χ1) is 16.1. The van der Waals surface area contributed by atoms with Gasteiger partial charge in [0.1, 0.15) is 24.4 Å². The molecule has 2 N–H and O–H groups in total.